The number of ether oxygens (including phenoxy) is 2. The maximum absolute atomic E-state index is 12.9. The SMILES string of the molecule is COC(=O)C1=C2CC[C@]34CC[C@@H]5CN6C[C@@H](C)[C@H]7CC[C@]5(C)[C@@](C1)([C@]23O4)[C@]76O. The minimum atomic E-state index is -0.868. The average Bonchev–Trinajstić information content (AvgIpc) is 2.91. The molecule has 28 heavy (non-hydrogen) atoms. The monoisotopic (exact) mass is 385 g/mol. The molecule has 6 fully saturated rings. The molecule has 0 amide bonds. The molecule has 0 radical (unpaired) electrons. The number of methoxy groups -OCH3 is 1. The summed E-state index contributed by atoms with van der Waals surface area (Å²) in [7, 11) is 1.49. The zero-order valence-corrected chi connectivity index (χ0v) is 17.2. The Hall–Kier alpha value is -0.910. The van der Waals surface area contributed by atoms with Crippen molar-refractivity contribution in [2.45, 2.75) is 75.7 Å². The second-order valence-corrected chi connectivity index (χ2v) is 11.2. The summed E-state index contributed by atoms with van der Waals surface area (Å²) in [6.07, 6.45) is 7.08. The lowest BCUT2D eigenvalue weighted by molar-refractivity contribution is -0.322. The Kier molecular flexibility index (Phi) is 2.65. The minimum absolute atomic E-state index is 0.00240. The van der Waals surface area contributed by atoms with E-state index in [-0.39, 0.29) is 22.9 Å². The second-order valence-electron chi connectivity index (χ2n) is 11.2. The lowest BCUT2D eigenvalue weighted by Crippen LogP contribution is -2.77. The number of esters is 1. The summed E-state index contributed by atoms with van der Waals surface area (Å²) < 4.78 is 12.1. The van der Waals surface area contributed by atoms with Crippen molar-refractivity contribution in [1.29, 1.82) is 0 Å². The Morgan fingerprint density at radius 1 is 1.25 bits per heavy atom. The summed E-state index contributed by atoms with van der Waals surface area (Å²) in [6, 6.07) is 0. The normalized spacial score (nSPS) is 60.4. The quantitative estimate of drug-likeness (QED) is 0.555. The molecular weight excluding hydrogens is 354 g/mol. The number of carbonyl (C=O) groups is 1. The zero-order chi connectivity index (χ0) is 19.3. The van der Waals surface area contributed by atoms with Gasteiger partial charge in [-0.25, -0.2) is 4.79 Å². The zero-order valence-electron chi connectivity index (χ0n) is 17.2. The van der Waals surface area contributed by atoms with E-state index in [1.54, 1.807) is 0 Å². The van der Waals surface area contributed by atoms with Crippen molar-refractivity contribution in [3.05, 3.63) is 11.1 Å². The summed E-state index contributed by atoms with van der Waals surface area (Å²) in [4.78, 5) is 15.3. The van der Waals surface area contributed by atoms with Gasteiger partial charge in [0.15, 0.2) is 0 Å². The van der Waals surface area contributed by atoms with Gasteiger partial charge in [-0.3, -0.25) is 4.90 Å². The van der Waals surface area contributed by atoms with Gasteiger partial charge in [-0.15, -0.1) is 0 Å². The van der Waals surface area contributed by atoms with Gasteiger partial charge in [0.05, 0.1) is 12.5 Å². The predicted octanol–water partition coefficient (Wildman–Crippen LogP) is 2.63. The van der Waals surface area contributed by atoms with E-state index >= 15 is 0 Å². The van der Waals surface area contributed by atoms with Crippen LogP contribution in [0.5, 0.6) is 0 Å². The third-order valence-corrected chi connectivity index (χ3v) is 11.0. The van der Waals surface area contributed by atoms with Crippen molar-refractivity contribution in [3.63, 3.8) is 0 Å². The molecule has 4 aliphatic carbocycles. The summed E-state index contributed by atoms with van der Waals surface area (Å²) >= 11 is 0. The van der Waals surface area contributed by atoms with Gasteiger partial charge in [0, 0.05) is 24.6 Å². The number of aliphatic hydroxyl groups is 1. The van der Waals surface area contributed by atoms with Crippen LogP contribution in [0.25, 0.3) is 0 Å². The number of hydrogen-bond acceptors (Lipinski definition) is 5. The first-order chi connectivity index (χ1) is 13.3. The molecule has 8 atom stereocenters. The first-order valence-electron chi connectivity index (χ1n) is 11.3. The van der Waals surface area contributed by atoms with Crippen LogP contribution in [0, 0.1) is 28.6 Å². The number of carbonyl (C=O) groups excluding carboxylic acids is 1. The fourth-order valence-electron chi connectivity index (χ4n) is 10.0. The highest BCUT2D eigenvalue weighted by atomic mass is 16.6. The molecule has 0 aromatic heterocycles. The van der Waals surface area contributed by atoms with Gasteiger partial charge in [-0.05, 0) is 67.8 Å². The van der Waals surface area contributed by atoms with Crippen LogP contribution < -0.4 is 0 Å². The molecule has 5 heteroatoms. The fourth-order valence-corrected chi connectivity index (χ4v) is 10.0. The maximum atomic E-state index is 12.9. The Bertz CT molecular complexity index is 869. The van der Waals surface area contributed by atoms with Crippen molar-refractivity contribution in [3.8, 4) is 0 Å². The third kappa shape index (κ3) is 1.25. The summed E-state index contributed by atoms with van der Waals surface area (Å²) in [6.45, 7) is 6.73. The highest BCUT2D eigenvalue weighted by Gasteiger charge is 2.95. The van der Waals surface area contributed by atoms with E-state index < -0.39 is 16.7 Å². The Labute approximate surface area is 166 Å². The highest BCUT2D eigenvalue weighted by Crippen LogP contribution is 2.88. The van der Waals surface area contributed by atoms with Crippen molar-refractivity contribution in [1.82, 2.24) is 4.90 Å². The summed E-state index contributed by atoms with van der Waals surface area (Å²) in [5.41, 5.74) is 0.188. The molecule has 1 N–H and O–H groups in total. The number of nitrogens with zero attached hydrogens (tertiary/aromatic N) is 1. The van der Waals surface area contributed by atoms with Crippen molar-refractivity contribution in [2.75, 3.05) is 20.2 Å². The molecule has 0 unspecified atom stereocenters. The topological polar surface area (TPSA) is 62.3 Å². The maximum Gasteiger partial charge on any atom is 0.333 e. The molecule has 3 heterocycles. The average molecular weight is 386 g/mol. The predicted molar refractivity (Wildman–Crippen MR) is 101 cm³/mol. The first kappa shape index (κ1) is 16.8. The van der Waals surface area contributed by atoms with E-state index in [9.17, 15) is 9.90 Å². The second kappa shape index (κ2) is 4.40. The number of piperidine rings is 1. The molecule has 152 valence electrons. The van der Waals surface area contributed by atoms with E-state index in [0.717, 1.165) is 50.8 Å². The van der Waals surface area contributed by atoms with Gasteiger partial charge in [-0.2, -0.15) is 0 Å². The largest absolute Gasteiger partial charge is 0.466 e. The van der Waals surface area contributed by atoms with Crippen LogP contribution >= 0.6 is 0 Å². The van der Waals surface area contributed by atoms with Crippen LogP contribution in [-0.4, -0.2) is 53.1 Å². The van der Waals surface area contributed by atoms with Crippen LogP contribution in [0.2, 0.25) is 0 Å². The molecule has 3 saturated carbocycles. The molecule has 7 rings (SSSR count). The van der Waals surface area contributed by atoms with Crippen LogP contribution in [0.4, 0.5) is 0 Å². The molecule has 0 aromatic carbocycles. The smallest absolute Gasteiger partial charge is 0.333 e. The standard InChI is InChI=1S/C23H31NO4/c1-13-11-24-12-14-4-8-20-9-6-17-15(18(25)27-3)10-21(22(17,20)28-20)19(14,2)7-5-16(13)23(21,24)26/h13-14,16,26H,4-12H2,1-3H3/t13-,14-,16-,19+,20-,21+,22+,23-/m1/s1. The number of rotatable bonds is 1. The Morgan fingerprint density at radius 2 is 2.07 bits per heavy atom. The molecule has 3 saturated heterocycles. The third-order valence-electron chi connectivity index (χ3n) is 11.0. The van der Waals surface area contributed by atoms with Crippen LogP contribution in [0.15, 0.2) is 11.1 Å². The van der Waals surface area contributed by atoms with E-state index in [2.05, 4.69) is 18.7 Å². The molecule has 0 aromatic rings. The highest BCUT2D eigenvalue weighted by molar-refractivity contribution is 5.92. The summed E-state index contributed by atoms with van der Waals surface area (Å²) in [5.74, 6) is 1.14. The van der Waals surface area contributed by atoms with Gasteiger partial charge in [0.2, 0.25) is 0 Å². The molecule has 4 bridgehead atoms. The van der Waals surface area contributed by atoms with Gasteiger partial charge in [0.1, 0.15) is 16.9 Å². The fraction of sp³-hybridized carbons (Fsp3) is 0.870. The van der Waals surface area contributed by atoms with Gasteiger partial charge in [0.25, 0.3) is 0 Å². The van der Waals surface area contributed by atoms with Gasteiger partial charge < -0.3 is 14.6 Å². The van der Waals surface area contributed by atoms with Crippen molar-refractivity contribution in [2.24, 2.45) is 28.6 Å². The van der Waals surface area contributed by atoms with Crippen LogP contribution in [0.1, 0.15) is 58.8 Å². The molecular formula is C23H31NO4. The molecule has 5 nitrogen and oxygen atoms in total. The van der Waals surface area contributed by atoms with Gasteiger partial charge in [-0.1, -0.05) is 13.8 Å². The van der Waals surface area contributed by atoms with Crippen molar-refractivity contribution >= 4 is 5.97 Å². The van der Waals surface area contributed by atoms with E-state index in [4.69, 9.17) is 9.47 Å². The van der Waals surface area contributed by atoms with E-state index in [1.807, 2.05) is 0 Å². The lowest BCUT2D eigenvalue weighted by Gasteiger charge is -2.69. The first-order valence-corrected chi connectivity index (χ1v) is 11.3. The van der Waals surface area contributed by atoms with Crippen molar-refractivity contribution < 1.29 is 19.4 Å². The Balaban J connectivity index is 1.56. The number of hydrogen-bond donors (Lipinski definition) is 1. The minimum Gasteiger partial charge on any atom is -0.466 e. The Morgan fingerprint density at radius 3 is 2.86 bits per heavy atom. The van der Waals surface area contributed by atoms with E-state index in [0.29, 0.717) is 18.3 Å². The summed E-state index contributed by atoms with van der Waals surface area (Å²) in [5, 5.41) is 12.7. The lowest BCUT2D eigenvalue weighted by atomic mass is 9.40. The van der Waals surface area contributed by atoms with Crippen LogP contribution in [0.3, 0.4) is 0 Å². The molecule has 7 aliphatic rings. The van der Waals surface area contributed by atoms with E-state index in [1.165, 1.54) is 19.1 Å². The van der Waals surface area contributed by atoms with Gasteiger partial charge >= 0.3 is 5.97 Å². The van der Waals surface area contributed by atoms with Crippen LogP contribution in [-0.2, 0) is 14.3 Å². The molecule has 2 spiro atoms. The number of epoxide rings is 1. The molecule has 3 aliphatic heterocycles.